The van der Waals surface area contributed by atoms with Gasteiger partial charge in [-0.2, -0.15) is 0 Å². The van der Waals surface area contributed by atoms with Crippen molar-refractivity contribution in [1.29, 1.82) is 5.41 Å². The molecule has 0 bridgehead atoms. The van der Waals surface area contributed by atoms with E-state index in [1.165, 1.54) is 7.11 Å². The first-order valence-corrected chi connectivity index (χ1v) is 12.4. The fourth-order valence-electron chi connectivity index (χ4n) is 4.23. The molecule has 2 aliphatic rings. The molecule has 0 amide bonds. The highest BCUT2D eigenvalue weighted by Gasteiger charge is 2.31. The number of esters is 1. The summed E-state index contributed by atoms with van der Waals surface area (Å²) in [4.78, 5) is 17.0. The number of rotatable bonds is 8. The number of ether oxygens (including phenoxy) is 2. The average Bonchev–Trinajstić information content (AvgIpc) is 2.83. The number of anilines is 3. The van der Waals surface area contributed by atoms with Gasteiger partial charge < -0.3 is 25.5 Å². The van der Waals surface area contributed by atoms with Crippen LogP contribution in [0.5, 0.6) is 0 Å². The maximum Gasteiger partial charge on any atom is 0.356 e. The second-order valence-electron chi connectivity index (χ2n) is 8.91. The van der Waals surface area contributed by atoms with Crippen molar-refractivity contribution < 1.29 is 14.3 Å². The smallest absolute Gasteiger partial charge is 0.356 e. The van der Waals surface area contributed by atoms with Gasteiger partial charge in [-0.15, -0.1) is 0 Å². The van der Waals surface area contributed by atoms with Crippen molar-refractivity contribution in [3.05, 3.63) is 47.7 Å². The Morgan fingerprint density at radius 2 is 1.94 bits per heavy atom. The molecule has 2 fully saturated rings. The summed E-state index contributed by atoms with van der Waals surface area (Å²) < 4.78 is 11.0. The molecule has 34 heavy (non-hydrogen) atoms. The van der Waals surface area contributed by atoms with Crippen LogP contribution in [0.3, 0.4) is 0 Å². The molecule has 1 aromatic carbocycles. The molecule has 2 aromatic rings. The van der Waals surface area contributed by atoms with Crippen LogP contribution in [0, 0.1) is 11.3 Å². The molecule has 1 aliphatic heterocycles. The van der Waals surface area contributed by atoms with E-state index < -0.39 is 5.97 Å². The summed E-state index contributed by atoms with van der Waals surface area (Å²) in [5.41, 5.74) is 2.75. The Morgan fingerprint density at radius 3 is 2.53 bits per heavy atom. The third-order valence-electron chi connectivity index (χ3n) is 6.44. The predicted octanol–water partition coefficient (Wildman–Crippen LogP) is 6.18. The standard InChI is InChI=1S/C25H32N4O3.C2H6/c1-25(13-6-7-14-32-25)16-27-19-15-20(24(30)31-2)29-23(28-18-11-4-3-5-12-18)21(19)22(26)17-9-8-10-17;1-2/h3-5,11-12,15,17,26H,6-10,13-14,16H2,1-2H3,(H2,27,28,29);1-2H3. The highest BCUT2D eigenvalue weighted by atomic mass is 16.5. The van der Waals surface area contributed by atoms with Gasteiger partial charge in [0.2, 0.25) is 0 Å². The van der Waals surface area contributed by atoms with Gasteiger partial charge in [0.15, 0.2) is 5.69 Å². The quantitative estimate of drug-likeness (QED) is 0.318. The third kappa shape index (κ3) is 6.14. The summed E-state index contributed by atoms with van der Waals surface area (Å²) in [5, 5.41) is 15.8. The van der Waals surface area contributed by atoms with E-state index in [1.54, 1.807) is 6.07 Å². The largest absolute Gasteiger partial charge is 0.464 e. The first kappa shape index (κ1) is 25.7. The lowest BCUT2D eigenvalue weighted by Crippen LogP contribution is -2.40. The zero-order valence-corrected chi connectivity index (χ0v) is 20.9. The topological polar surface area (TPSA) is 96.3 Å². The molecule has 184 valence electrons. The molecular formula is C27H38N4O3. The normalized spacial score (nSPS) is 19.8. The third-order valence-corrected chi connectivity index (χ3v) is 6.44. The Bertz CT molecular complexity index is 967. The number of aromatic nitrogens is 1. The highest BCUT2D eigenvalue weighted by Crippen LogP contribution is 2.36. The number of methoxy groups -OCH3 is 1. The van der Waals surface area contributed by atoms with Gasteiger partial charge in [0, 0.05) is 36.2 Å². The Labute approximate surface area is 203 Å². The van der Waals surface area contributed by atoms with Gasteiger partial charge in [0.25, 0.3) is 0 Å². The highest BCUT2D eigenvalue weighted by molar-refractivity contribution is 6.10. The van der Waals surface area contributed by atoms with E-state index in [2.05, 4.69) is 22.5 Å². The molecule has 1 aromatic heterocycles. The average molecular weight is 467 g/mol. The Hall–Kier alpha value is -2.93. The molecule has 1 unspecified atom stereocenters. The lowest BCUT2D eigenvalue weighted by molar-refractivity contribution is -0.0550. The first-order valence-electron chi connectivity index (χ1n) is 12.4. The van der Waals surface area contributed by atoms with Gasteiger partial charge in [-0.1, -0.05) is 38.5 Å². The zero-order valence-electron chi connectivity index (χ0n) is 20.9. The summed E-state index contributed by atoms with van der Waals surface area (Å²) in [6.07, 6.45) is 6.33. The summed E-state index contributed by atoms with van der Waals surface area (Å²) in [5.74, 6) is 0.193. The number of para-hydroxylation sites is 1. The van der Waals surface area contributed by atoms with Gasteiger partial charge in [0.1, 0.15) is 5.82 Å². The maximum absolute atomic E-state index is 12.4. The second kappa shape index (κ2) is 12.0. The Kier molecular flexibility index (Phi) is 9.05. The molecule has 1 saturated heterocycles. The van der Waals surface area contributed by atoms with Crippen molar-refractivity contribution in [1.82, 2.24) is 4.98 Å². The van der Waals surface area contributed by atoms with E-state index in [0.29, 0.717) is 29.3 Å². The Morgan fingerprint density at radius 1 is 1.21 bits per heavy atom. The van der Waals surface area contributed by atoms with E-state index in [4.69, 9.17) is 14.9 Å². The van der Waals surface area contributed by atoms with Gasteiger partial charge in [-0.25, -0.2) is 9.78 Å². The van der Waals surface area contributed by atoms with Crippen LogP contribution < -0.4 is 10.6 Å². The van der Waals surface area contributed by atoms with Crippen LogP contribution >= 0.6 is 0 Å². The molecule has 1 aliphatic carbocycles. The van der Waals surface area contributed by atoms with Gasteiger partial charge >= 0.3 is 5.97 Å². The molecule has 3 N–H and O–H groups in total. The van der Waals surface area contributed by atoms with Crippen LogP contribution in [0.25, 0.3) is 0 Å². The van der Waals surface area contributed by atoms with Gasteiger partial charge in [0.05, 0.1) is 18.3 Å². The lowest BCUT2D eigenvalue weighted by atomic mass is 9.79. The molecule has 2 heterocycles. The van der Waals surface area contributed by atoms with Gasteiger partial charge in [-0.3, -0.25) is 0 Å². The van der Waals surface area contributed by atoms with Crippen LogP contribution in [0.4, 0.5) is 17.2 Å². The maximum atomic E-state index is 12.4. The number of hydrogen-bond acceptors (Lipinski definition) is 7. The fourth-order valence-corrected chi connectivity index (χ4v) is 4.23. The number of carbonyl (C=O) groups excluding carboxylic acids is 1. The molecule has 7 heteroatoms. The molecular weight excluding hydrogens is 428 g/mol. The van der Waals surface area contributed by atoms with Crippen molar-refractivity contribution in [2.45, 2.75) is 64.9 Å². The van der Waals surface area contributed by atoms with E-state index in [0.717, 1.165) is 50.8 Å². The minimum absolute atomic E-state index is 0.202. The van der Waals surface area contributed by atoms with Crippen LogP contribution in [0.15, 0.2) is 36.4 Å². The van der Waals surface area contributed by atoms with Crippen molar-refractivity contribution in [3.63, 3.8) is 0 Å². The van der Waals surface area contributed by atoms with Crippen molar-refractivity contribution in [2.75, 3.05) is 30.9 Å². The van der Waals surface area contributed by atoms with E-state index >= 15 is 0 Å². The number of nitrogens with zero attached hydrogens (tertiary/aromatic N) is 1. The van der Waals surface area contributed by atoms with Crippen LogP contribution in [-0.4, -0.2) is 42.5 Å². The van der Waals surface area contributed by atoms with Crippen LogP contribution in [-0.2, 0) is 9.47 Å². The fraction of sp³-hybridized carbons (Fsp3) is 0.519. The summed E-state index contributed by atoms with van der Waals surface area (Å²) in [6, 6.07) is 11.4. The van der Waals surface area contributed by atoms with E-state index in [-0.39, 0.29) is 17.2 Å². The summed E-state index contributed by atoms with van der Waals surface area (Å²) in [7, 11) is 1.35. The van der Waals surface area contributed by atoms with E-state index in [9.17, 15) is 4.79 Å². The predicted molar refractivity (Wildman–Crippen MR) is 138 cm³/mol. The first-order chi connectivity index (χ1) is 16.5. The molecule has 1 atom stereocenters. The minimum Gasteiger partial charge on any atom is -0.464 e. The van der Waals surface area contributed by atoms with E-state index in [1.807, 2.05) is 44.2 Å². The number of hydrogen-bond donors (Lipinski definition) is 3. The molecule has 0 radical (unpaired) electrons. The zero-order chi connectivity index (χ0) is 24.6. The number of nitrogens with one attached hydrogen (secondary N) is 3. The lowest BCUT2D eigenvalue weighted by Gasteiger charge is -2.35. The molecule has 7 nitrogen and oxygen atoms in total. The van der Waals surface area contributed by atoms with Crippen LogP contribution in [0.1, 0.15) is 75.3 Å². The van der Waals surface area contributed by atoms with Crippen molar-refractivity contribution >= 4 is 28.9 Å². The molecule has 1 saturated carbocycles. The summed E-state index contributed by atoms with van der Waals surface area (Å²) in [6.45, 7) is 7.46. The second-order valence-corrected chi connectivity index (χ2v) is 8.91. The van der Waals surface area contributed by atoms with Crippen LogP contribution in [0.2, 0.25) is 0 Å². The number of pyridine rings is 1. The SMILES string of the molecule is CC.COC(=O)c1cc(NCC2(C)CCCCO2)c(C(=N)C2CCC2)c(Nc2ccccc2)n1. The Balaban J connectivity index is 0.00000158. The summed E-state index contributed by atoms with van der Waals surface area (Å²) >= 11 is 0. The monoisotopic (exact) mass is 466 g/mol. The molecule has 4 rings (SSSR count). The number of benzene rings is 1. The van der Waals surface area contributed by atoms with Crippen molar-refractivity contribution in [3.8, 4) is 0 Å². The van der Waals surface area contributed by atoms with Crippen molar-refractivity contribution in [2.24, 2.45) is 5.92 Å². The minimum atomic E-state index is -0.508. The number of carbonyl (C=O) groups is 1. The molecule has 0 spiro atoms. The van der Waals surface area contributed by atoms with Gasteiger partial charge in [-0.05, 0) is 57.2 Å².